The Hall–Kier alpha value is -0.860. The number of rotatable bonds is 8. The molecule has 14 heavy (non-hydrogen) atoms. The molecule has 0 heterocycles. The molecule has 0 aromatic rings. The maximum atomic E-state index is 5.38. The molecule has 80 valence electrons. The van der Waals surface area contributed by atoms with Gasteiger partial charge in [0.05, 0.1) is 25.9 Å². The van der Waals surface area contributed by atoms with Crippen LogP contribution < -0.4 is 0 Å². The van der Waals surface area contributed by atoms with Crippen LogP contribution in [0.25, 0.3) is 0 Å². The lowest BCUT2D eigenvalue weighted by atomic mass is 10.2. The molecule has 0 unspecified atom stereocenters. The van der Waals surface area contributed by atoms with E-state index in [0.29, 0.717) is 19.8 Å². The van der Waals surface area contributed by atoms with Crippen LogP contribution in [0, 0.1) is 0 Å². The van der Waals surface area contributed by atoms with Crippen molar-refractivity contribution in [1.82, 2.24) is 0 Å². The minimum atomic E-state index is 0.265. The van der Waals surface area contributed by atoms with Gasteiger partial charge >= 0.3 is 0 Å². The van der Waals surface area contributed by atoms with Gasteiger partial charge in [-0.2, -0.15) is 0 Å². The van der Waals surface area contributed by atoms with Gasteiger partial charge in [-0.15, -0.1) is 0 Å². The third kappa shape index (κ3) is 7.77. The molecule has 0 bridgehead atoms. The summed E-state index contributed by atoms with van der Waals surface area (Å²) in [5.74, 6) is 0. The summed E-state index contributed by atoms with van der Waals surface area (Å²) in [6.07, 6.45) is 5.65. The molecule has 0 spiro atoms. The second kappa shape index (κ2) is 8.73. The molecule has 0 rings (SSSR count). The van der Waals surface area contributed by atoms with Crippen molar-refractivity contribution in [2.45, 2.75) is 20.0 Å². The zero-order valence-electron chi connectivity index (χ0n) is 9.16. The lowest BCUT2D eigenvalue weighted by molar-refractivity contribution is 0.0258. The molecule has 0 aliphatic heterocycles. The molecular formula is C12H20O2. The molecule has 0 saturated carbocycles. The van der Waals surface area contributed by atoms with E-state index in [0.717, 1.165) is 5.57 Å². The molecule has 0 aromatic carbocycles. The minimum absolute atomic E-state index is 0.265. The van der Waals surface area contributed by atoms with Crippen molar-refractivity contribution in [3.63, 3.8) is 0 Å². The Balaban J connectivity index is 3.47. The van der Waals surface area contributed by atoms with Crippen molar-refractivity contribution in [2.75, 3.05) is 19.8 Å². The topological polar surface area (TPSA) is 18.5 Å². The van der Waals surface area contributed by atoms with E-state index in [2.05, 4.69) is 13.2 Å². The molecule has 0 aliphatic rings. The third-order valence-electron chi connectivity index (χ3n) is 1.54. The van der Waals surface area contributed by atoms with Gasteiger partial charge in [0.1, 0.15) is 0 Å². The van der Waals surface area contributed by atoms with Crippen LogP contribution in [0.1, 0.15) is 13.8 Å². The predicted octanol–water partition coefficient (Wildman–Crippen LogP) is 2.73. The van der Waals surface area contributed by atoms with Crippen LogP contribution >= 0.6 is 0 Å². The molecule has 0 amide bonds. The average Bonchev–Trinajstić information content (AvgIpc) is 2.15. The van der Waals surface area contributed by atoms with Gasteiger partial charge in [-0.25, -0.2) is 0 Å². The van der Waals surface area contributed by atoms with E-state index in [1.807, 2.05) is 19.9 Å². The largest absolute Gasteiger partial charge is 0.376 e. The van der Waals surface area contributed by atoms with Gasteiger partial charge in [0, 0.05) is 0 Å². The summed E-state index contributed by atoms with van der Waals surface area (Å²) in [6.45, 7) is 13.1. The van der Waals surface area contributed by atoms with Crippen LogP contribution in [-0.4, -0.2) is 25.9 Å². The number of ether oxygens (including phenoxy) is 2. The lowest BCUT2D eigenvalue weighted by Gasteiger charge is -2.08. The first-order chi connectivity index (χ1) is 6.70. The Kier molecular flexibility index (Phi) is 8.19. The summed E-state index contributed by atoms with van der Waals surface area (Å²) in [7, 11) is 0. The highest BCUT2D eigenvalue weighted by Crippen LogP contribution is 1.97. The maximum Gasteiger partial charge on any atom is 0.0717 e. The van der Waals surface area contributed by atoms with E-state index in [1.54, 1.807) is 12.2 Å². The van der Waals surface area contributed by atoms with Gasteiger partial charge in [0.25, 0.3) is 0 Å². The Labute approximate surface area is 86.9 Å². The van der Waals surface area contributed by atoms with Crippen LogP contribution in [0.3, 0.4) is 0 Å². The zero-order valence-corrected chi connectivity index (χ0v) is 9.16. The second-order valence-corrected chi connectivity index (χ2v) is 3.15. The van der Waals surface area contributed by atoms with Crippen LogP contribution in [0.5, 0.6) is 0 Å². The van der Waals surface area contributed by atoms with Gasteiger partial charge in [0.2, 0.25) is 0 Å². The first-order valence-corrected chi connectivity index (χ1v) is 4.84. The third-order valence-corrected chi connectivity index (χ3v) is 1.54. The van der Waals surface area contributed by atoms with E-state index in [1.165, 1.54) is 0 Å². The summed E-state index contributed by atoms with van der Waals surface area (Å²) in [5, 5.41) is 0. The van der Waals surface area contributed by atoms with E-state index >= 15 is 0 Å². The van der Waals surface area contributed by atoms with Gasteiger partial charge in [-0.3, -0.25) is 0 Å². The summed E-state index contributed by atoms with van der Waals surface area (Å²) >= 11 is 0. The van der Waals surface area contributed by atoms with Gasteiger partial charge in [-0.1, -0.05) is 31.4 Å². The predicted molar refractivity (Wildman–Crippen MR) is 60.4 cm³/mol. The Bertz CT molecular complexity index is 192. The molecule has 0 aliphatic carbocycles. The number of hydrogen-bond donors (Lipinski definition) is 0. The Morgan fingerprint density at radius 2 is 2.00 bits per heavy atom. The van der Waals surface area contributed by atoms with Crippen molar-refractivity contribution in [3.05, 3.63) is 37.0 Å². The van der Waals surface area contributed by atoms with E-state index in [4.69, 9.17) is 9.47 Å². The quantitative estimate of drug-likeness (QED) is 0.439. The van der Waals surface area contributed by atoms with Crippen molar-refractivity contribution >= 4 is 0 Å². The summed E-state index contributed by atoms with van der Waals surface area (Å²) < 4.78 is 10.7. The fraction of sp³-hybridized carbons (Fsp3) is 0.500. The Morgan fingerprint density at radius 3 is 2.50 bits per heavy atom. The van der Waals surface area contributed by atoms with Crippen LogP contribution in [0.15, 0.2) is 37.0 Å². The fourth-order valence-electron chi connectivity index (χ4n) is 0.859. The molecule has 0 aromatic heterocycles. The van der Waals surface area contributed by atoms with Crippen LogP contribution in [0.4, 0.5) is 0 Å². The highest BCUT2D eigenvalue weighted by atomic mass is 16.5. The standard InChI is InChI=1S/C12H20O2/c1-5-7-12(6-2)10-13-8-9-14-11(3)4/h5-7,11H,1-2,8-10H2,3-4H3/b12-7+. The summed E-state index contributed by atoms with van der Waals surface area (Å²) in [4.78, 5) is 0. The molecule has 0 N–H and O–H groups in total. The number of hydrogen-bond acceptors (Lipinski definition) is 2. The van der Waals surface area contributed by atoms with Gasteiger partial charge in [-0.05, 0) is 19.4 Å². The van der Waals surface area contributed by atoms with Crippen LogP contribution in [-0.2, 0) is 9.47 Å². The highest BCUT2D eigenvalue weighted by Gasteiger charge is 1.94. The zero-order chi connectivity index (χ0) is 10.8. The second-order valence-electron chi connectivity index (χ2n) is 3.15. The van der Waals surface area contributed by atoms with Crippen molar-refractivity contribution < 1.29 is 9.47 Å². The minimum Gasteiger partial charge on any atom is -0.376 e. The van der Waals surface area contributed by atoms with E-state index in [9.17, 15) is 0 Å². The van der Waals surface area contributed by atoms with Crippen molar-refractivity contribution in [1.29, 1.82) is 0 Å². The molecule has 0 atom stereocenters. The van der Waals surface area contributed by atoms with Crippen molar-refractivity contribution in [2.24, 2.45) is 0 Å². The van der Waals surface area contributed by atoms with E-state index < -0.39 is 0 Å². The molecule has 0 fully saturated rings. The molecule has 0 saturated heterocycles. The molecule has 2 heteroatoms. The fourth-order valence-corrected chi connectivity index (χ4v) is 0.859. The van der Waals surface area contributed by atoms with Gasteiger partial charge in [0.15, 0.2) is 0 Å². The van der Waals surface area contributed by atoms with E-state index in [-0.39, 0.29) is 6.10 Å². The smallest absolute Gasteiger partial charge is 0.0717 e. The number of allylic oxidation sites excluding steroid dienone is 2. The average molecular weight is 196 g/mol. The summed E-state index contributed by atoms with van der Waals surface area (Å²) in [5.41, 5.74) is 1.03. The lowest BCUT2D eigenvalue weighted by Crippen LogP contribution is -2.10. The normalized spacial score (nSPS) is 11.8. The first-order valence-electron chi connectivity index (χ1n) is 4.84. The molecular weight excluding hydrogens is 176 g/mol. The SMILES string of the molecule is C=C/C=C(\C=C)COCCOC(C)C. The van der Waals surface area contributed by atoms with Crippen LogP contribution in [0.2, 0.25) is 0 Å². The first kappa shape index (κ1) is 13.1. The molecule has 0 radical (unpaired) electrons. The van der Waals surface area contributed by atoms with Crippen molar-refractivity contribution in [3.8, 4) is 0 Å². The maximum absolute atomic E-state index is 5.38. The van der Waals surface area contributed by atoms with Gasteiger partial charge < -0.3 is 9.47 Å². The molecule has 2 nitrogen and oxygen atoms in total. The summed E-state index contributed by atoms with van der Waals surface area (Å²) in [6, 6.07) is 0. The highest BCUT2D eigenvalue weighted by molar-refractivity contribution is 5.21. The Morgan fingerprint density at radius 1 is 1.29 bits per heavy atom. The monoisotopic (exact) mass is 196 g/mol.